The van der Waals surface area contributed by atoms with E-state index in [-0.39, 0.29) is 24.6 Å². The predicted molar refractivity (Wildman–Crippen MR) is 117 cm³/mol. The first kappa shape index (κ1) is 20.6. The van der Waals surface area contributed by atoms with Gasteiger partial charge in [0.2, 0.25) is 12.7 Å². The van der Waals surface area contributed by atoms with Gasteiger partial charge < -0.3 is 24.0 Å². The molecule has 3 aliphatic rings. The first-order valence-electron chi connectivity index (χ1n) is 10.9. The van der Waals surface area contributed by atoms with Crippen LogP contribution >= 0.6 is 0 Å². The van der Waals surface area contributed by atoms with Crippen LogP contribution in [0.4, 0.5) is 0 Å². The molecular formula is C24H27N3O5. The van der Waals surface area contributed by atoms with E-state index in [0.29, 0.717) is 49.5 Å². The zero-order valence-electron chi connectivity index (χ0n) is 18.3. The lowest BCUT2D eigenvalue weighted by atomic mass is 9.94. The smallest absolute Gasteiger partial charge is 0.253 e. The van der Waals surface area contributed by atoms with Crippen molar-refractivity contribution in [2.45, 2.75) is 38.0 Å². The maximum atomic E-state index is 13.0. The van der Waals surface area contributed by atoms with Gasteiger partial charge in [0.1, 0.15) is 5.75 Å². The number of ether oxygens (including phenoxy) is 3. The Bertz CT molecular complexity index is 1050. The van der Waals surface area contributed by atoms with Crippen molar-refractivity contribution in [2.24, 2.45) is 0 Å². The summed E-state index contributed by atoms with van der Waals surface area (Å²) >= 11 is 0. The molecular weight excluding hydrogens is 410 g/mol. The highest BCUT2D eigenvalue weighted by Gasteiger charge is 2.50. The van der Waals surface area contributed by atoms with E-state index >= 15 is 0 Å². The maximum absolute atomic E-state index is 13.0. The van der Waals surface area contributed by atoms with Gasteiger partial charge in [-0.05, 0) is 42.8 Å². The molecule has 0 bridgehead atoms. The number of benzene rings is 2. The van der Waals surface area contributed by atoms with Gasteiger partial charge in [0, 0.05) is 38.0 Å². The maximum Gasteiger partial charge on any atom is 0.253 e. The zero-order valence-corrected chi connectivity index (χ0v) is 18.3. The molecule has 2 amide bonds. The molecule has 1 N–H and O–H groups in total. The number of hydrogen-bond acceptors (Lipinski definition) is 6. The second-order valence-corrected chi connectivity index (χ2v) is 8.53. The van der Waals surface area contributed by atoms with Crippen LogP contribution in [0, 0.1) is 0 Å². The predicted octanol–water partition coefficient (Wildman–Crippen LogP) is 2.38. The summed E-state index contributed by atoms with van der Waals surface area (Å²) in [6, 6.07) is 12.8. The van der Waals surface area contributed by atoms with Gasteiger partial charge in [-0.15, -0.1) is 0 Å². The number of hydrogen-bond donors (Lipinski definition) is 1. The van der Waals surface area contributed by atoms with Crippen LogP contribution in [0.15, 0.2) is 42.5 Å². The van der Waals surface area contributed by atoms with Gasteiger partial charge in [-0.25, -0.2) is 0 Å². The van der Waals surface area contributed by atoms with Gasteiger partial charge in [0.15, 0.2) is 11.5 Å². The fourth-order valence-electron chi connectivity index (χ4n) is 4.87. The Labute approximate surface area is 187 Å². The number of rotatable bonds is 4. The van der Waals surface area contributed by atoms with Crippen LogP contribution in [0.5, 0.6) is 17.2 Å². The Kier molecular flexibility index (Phi) is 5.17. The van der Waals surface area contributed by atoms with Crippen LogP contribution in [-0.2, 0) is 11.3 Å². The Balaban J connectivity index is 1.31. The van der Waals surface area contributed by atoms with E-state index in [1.54, 1.807) is 19.2 Å². The molecule has 2 aromatic rings. The Hall–Kier alpha value is -3.26. The minimum Gasteiger partial charge on any atom is -0.497 e. The number of nitrogens with one attached hydrogen (secondary N) is 1. The molecule has 0 unspecified atom stereocenters. The summed E-state index contributed by atoms with van der Waals surface area (Å²) in [6.45, 7) is 3.75. The van der Waals surface area contributed by atoms with E-state index in [1.807, 2.05) is 47.1 Å². The number of likely N-dealkylation sites (tertiary alicyclic amines) is 1. The average molecular weight is 437 g/mol. The number of carbonyl (C=O) groups is 2. The summed E-state index contributed by atoms with van der Waals surface area (Å²) in [5.41, 5.74) is 1.15. The lowest BCUT2D eigenvalue weighted by Gasteiger charge is -2.44. The topological polar surface area (TPSA) is 80.3 Å². The van der Waals surface area contributed by atoms with Crippen LogP contribution < -0.4 is 19.5 Å². The van der Waals surface area contributed by atoms with Crippen LogP contribution in [0.3, 0.4) is 0 Å². The molecule has 0 aliphatic carbocycles. The molecule has 2 fully saturated rings. The van der Waals surface area contributed by atoms with Crippen molar-refractivity contribution in [3.63, 3.8) is 0 Å². The lowest BCUT2D eigenvalue weighted by Crippen LogP contribution is -2.59. The second-order valence-electron chi connectivity index (χ2n) is 8.53. The number of nitrogens with zero attached hydrogens (tertiary/aromatic N) is 2. The summed E-state index contributed by atoms with van der Waals surface area (Å²) in [5, 5.41) is 3.52. The van der Waals surface area contributed by atoms with E-state index in [2.05, 4.69) is 5.32 Å². The first-order valence-corrected chi connectivity index (χ1v) is 10.9. The molecule has 8 nitrogen and oxygen atoms in total. The molecule has 0 aromatic heterocycles. The largest absolute Gasteiger partial charge is 0.497 e. The third-order valence-electron chi connectivity index (χ3n) is 6.61. The number of carbonyl (C=O) groups excluding carboxylic acids is 2. The molecule has 1 atom stereocenters. The number of amides is 2. The standard InChI is InChI=1S/C24H27N3O5/c1-16-22(28)27(14-17-6-7-20-21(12-17)32-15-31-20)24(25-16)8-10-26(11-9-24)23(29)18-4-3-5-19(13-18)30-2/h3-7,12-13,16,25H,8-11,14-15H2,1-2H3/t16-/m1/s1. The highest BCUT2D eigenvalue weighted by molar-refractivity contribution is 5.94. The molecule has 1 spiro atoms. The highest BCUT2D eigenvalue weighted by atomic mass is 16.7. The second kappa shape index (κ2) is 8.02. The third-order valence-corrected chi connectivity index (χ3v) is 6.61. The fourth-order valence-corrected chi connectivity index (χ4v) is 4.87. The van der Waals surface area contributed by atoms with Crippen molar-refractivity contribution in [1.82, 2.24) is 15.1 Å². The summed E-state index contributed by atoms with van der Waals surface area (Å²) < 4.78 is 16.1. The molecule has 0 radical (unpaired) electrons. The van der Waals surface area contributed by atoms with Crippen molar-refractivity contribution < 1.29 is 23.8 Å². The Morgan fingerprint density at radius 3 is 2.72 bits per heavy atom. The highest BCUT2D eigenvalue weighted by Crippen LogP contribution is 2.37. The van der Waals surface area contributed by atoms with Gasteiger partial charge >= 0.3 is 0 Å². The molecule has 5 rings (SSSR count). The van der Waals surface area contributed by atoms with Gasteiger partial charge in [-0.3, -0.25) is 14.9 Å². The molecule has 3 aliphatic heterocycles. The van der Waals surface area contributed by atoms with Crippen molar-refractivity contribution in [3.05, 3.63) is 53.6 Å². The van der Waals surface area contributed by atoms with E-state index in [9.17, 15) is 9.59 Å². The van der Waals surface area contributed by atoms with Crippen LogP contribution in [0.25, 0.3) is 0 Å². The zero-order chi connectivity index (χ0) is 22.3. The lowest BCUT2D eigenvalue weighted by molar-refractivity contribution is -0.133. The molecule has 8 heteroatoms. The van der Waals surface area contributed by atoms with Crippen molar-refractivity contribution >= 4 is 11.8 Å². The molecule has 168 valence electrons. The molecule has 0 saturated carbocycles. The third kappa shape index (κ3) is 3.54. The van der Waals surface area contributed by atoms with Gasteiger partial charge in [0.05, 0.1) is 18.8 Å². The van der Waals surface area contributed by atoms with E-state index in [1.165, 1.54) is 0 Å². The van der Waals surface area contributed by atoms with Crippen molar-refractivity contribution in [3.8, 4) is 17.2 Å². The quantitative estimate of drug-likeness (QED) is 0.791. The molecule has 2 aromatic carbocycles. The van der Waals surface area contributed by atoms with Crippen LogP contribution in [-0.4, -0.2) is 60.3 Å². The van der Waals surface area contributed by atoms with E-state index < -0.39 is 5.66 Å². The minimum atomic E-state index is -0.460. The normalized spacial score (nSPS) is 21.3. The number of methoxy groups -OCH3 is 1. The molecule has 3 heterocycles. The fraction of sp³-hybridized carbons (Fsp3) is 0.417. The summed E-state index contributed by atoms with van der Waals surface area (Å²) in [7, 11) is 1.59. The molecule has 2 saturated heterocycles. The minimum absolute atomic E-state index is 0.0153. The molecule has 32 heavy (non-hydrogen) atoms. The van der Waals surface area contributed by atoms with Crippen molar-refractivity contribution in [2.75, 3.05) is 27.0 Å². The van der Waals surface area contributed by atoms with Gasteiger partial charge in [0.25, 0.3) is 5.91 Å². The Morgan fingerprint density at radius 2 is 1.94 bits per heavy atom. The van der Waals surface area contributed by atoms with E-state index in [0.717, 1.165) is 11.3 Å². The first-order chi connectivity index (χ1) is 15.5. The number of fused-ring (bicyclic) bond motifs is 1. The average Bonchev–Trinajstić information content (AvgIpc) is 3.37. The van der Waals surface area contributed by atoms with Crippen molar-refractivity contribution in [1.29, 1.82) is 0 Å². The SMILES string of the molecule is COc1cccc(C(=O)N2CCC3(CC2)N[C@H](C)C(=O)N3Cc2ccc3c(c2)OCO3)c1. The monoisotopic (exact) mass is 437 g/mol. The van der Waals surface area contributed by atoms with E-state index in [4.69, 9.17) is 14.2 Å². The summed E-state index contributed by atoms with van der Waals surface area (Å²) in [5.74, 6) is 2.17. The van der Waals surface area contributed by atoms with Gasteiger partial charge in [-0.2, -0.15) is 0 Å². The number of piperidine rings is 1. The summed E-state index contributed by atoms with van der Waals surface area (Å²) in [4.78, 5) is 29.8. The summed E-state index contributed by atoms with van der Waals surface area (Å²) in [6.07, 6.45) is 1.34. The van der Waals surface area contributed by atoms with Gasteiger partial charge in [-0.1, -0.05) is 12.1 Å². The van der Waals surface area contributed by atoms with Crippen LogP contribution in [0.2, 0.25) is 0 Å². The Morgan fingerprint density at radius 1 is 1.16 bits per heavy atom. The van der Waals surface area contributed by atoms with Crippen LogP contribution in [0.1, 0.15) is 35.7 Å².